The van der Waals surface area contributed by atoms with E-state index < -0.39 is 6.17 Å². The Morgan fingerprint density at radius 3 is 2.96 bits per heavy atom. The standard InChI is InChI=1S/C18H23FN6/c19-16-12-25(8-6-14-4-2-1-3-5-14)9-7-17(16)24-18-15(11-23-20)10-21-13-22-18/h1-5,10-11,13,16-17H,6-9,12,20H2,(H,21,22,24)/b23-11-. The number of hydrazone groups is 1. The molecule has 1 fully saturated rings. The number of benzene rings is 1. The Labute approximate surface area is 147 Å². The van der Waals surface area contributed by atoms with Crippen LogP contribution in [0.2, 0.25) is 0 Å². The zero-order valence-corrected chi connectivity index (χ0v) is 14.1. The van der Waals surface area contributed by atoms with Gasteiger partial charge in [-0.05, 0) is 18.4 Å². The molecule has 1 aliphatic rings. The fourth-order valence-electron chi connectivity index (χ4n) is 3.08. The molecule has 3 N–H and O–H groups in total. The van der Waals surface area contributed by atoms with Crippen LogP contribution in [0.5, 0.6) is 0 Å². The van der Waals surface area contributed by atoms with Crippen LogP contribution in [0.4, 0.5) is 10.2 Å². The number of halogens is 1. The minimum Gasteiger partial charge on any atom is -0.364 e. The first-order valence-corrected chi connectivity index (χ1v) is 8.46. The Kier molecular flexibility index (Phi) is 5.90. The van der Waals surface area contributed by atoms with Gasteiger partial charge < -0.3 is 11.2 Å². The highest BCUT2D eigenvalue weighted by Gasteiger charge is 2.29. The lowest BCUT2D eigenvalue weighted by Crippen LogP contribution is -2.48. The van der Waals surface area contributed by atoms with E-state index in [2.05, 4.69) is 37.4 Å². The third kappa shape index (κ3) is 4.73. The van der Waals surface area contributed by atoms with Crippen molar-refractivity contribution in [2.75, 3.05) is 25.0 Å². The molecule has 1 aromatic carbocycles. The second-order valence-corrected chi connectivity index (χ2v) is 6.20. The van der Waals surface area contributed by atoms with E-state index in [0.29, 0.717) is 17.9 Å². The molecule has 2 atom stereocenters. The van der Waals surface area contributed by atoms with Crippen LogP contribution in [0.3, 0.4) is 0 Å². The van der Waals surface area contributed by atoms with Gasteiger partial charge in [-0.3, -0.25) is 4.90 Å². The molecule has 1 aliphatic heterocycles. The van der Waals surface area contributed by atoms with Gasteiger partial charge in [0.05, 0.1) is 17.8 Å². The van der Waals surface area contributed by atoms with E-state index in [9.17, 15) is 4.39 Å². The number of nitrogens with one attached hydrogen (secondary N) is 1. The maximum Gasteiger partial charge on any atom is 0.138 e. The molecule has 7 heteroatoms. The average Bonchev–Trinajstić information content (AvgIpc) is 2.64. The number of anilines is 1. The van der Waals surface area contributed by atoms with Gasteiger partial charge in [0.25, 0.3) is 0 Å². The van der Waals surface area contributed by atoms with Crippen LogP contribution in [0.15, 0.2) is 48.0 Å². The van der Waals surface area contributed by atoms with Crippen LogP contribution in [-0.4, -0.2) is 52.9 Å². The van der Waals surface area contributed by atoms with Crippen molar-refractivity contribution in [2.45, 2.75) is 25.1 Å². The summed E-state index contributed by atoms with van der Waals surface area (Å²) in [6.45, 7) is 2.15. The smallest absolute Gasteiger partial charge is 0.138 e. The minimum absolute atomic E-state index is 0.271. The van der Waals surface area contributed by atoms with Crippen LogP contribution < -0.4 is 11.2 Å². The summed E-state index contributed by atoms with van der Waals surface area (Å²) in [5.41, 5.74) is 1.94. The first-order valence-electron chi connectivity index (χ1n) is 8.46. The van der Waals surface area contributed by atoms with E-state index in [1.54, 1.807) is 6.20 Å². The highest BCUT2D eigenvalue weighted by Crippen LogP contribution is 2.20. The number of nitrogens with two attached hydrogens (primary N) is 1. The van der Waals surface area contributed by atoms with Crippen LogP contribution >= 0.6 is 0 Å². The Hall–Kier alpha value is -2.54. The topological polar surface area (TPSA) is 79.4 Å². The zero-order valence-electron chi connectivity index (χ0n) is 14.1. The van der Waals surface area contributed by atoms with Gasteiger partial charge in [0.2, 0.25) is 0 Å². The highest BCUT2D eigenvalue weighted by molar-refractivity contribution is 5.85. The molecule has 0 saturated carbocycles. The van der Waals surface area contributed by atoms with Gasteiger partial charge in [0, 0.05) is 25.8 Å². The van der Waals surface area contributed by atoms with Crippen molar-refractivity contribution in [3.63, 3.8) is 0 Å². The first-order chi connectivity index (χ1) is 12.3. The molecular weight excluding hydrogens is 319 g/mol. The fourth-order valence-corrected chi connectivity index (χ4v) is 3.08. The summed E-state index contributed by atoms with van der Waals surface area (Å²) in [6, 6.07) is 10.0. The molecule has 2 aromatic rings. The summed E-state index contributed by atoms with van der Waals surface area (Å²) < 4.78 is 14.6. The number of hydrogen-bond donors (Lipinski definition) is 2. The predicted octanol–water partition coefficient (Wildman–Crippen LogP) is 1.84. The summed E-state index contributed by atoms with van der Waals surface area (Å²) in [7, 11) is 0. The molecule has 0 amide bonds. The molecule has 0 radical (unpaired) electrons. The summed E-state index contributed by atoms with van der Waals surface area (Å²) >= 11 is 0. The van der Waals surface area contributed by atoms with Gasteiger partial charge in [0.15, 0.2) is 0 Å². The molecule has 25 heavy (non-hydrogen) atoms. The average molecular weight is 342 g/mol. The largest absolute Gasteiger partial charge is 0.364 e. The van der Waals surface area contributed by atoms with Crippen molar-refractivity contribution in [2.24, 2.45) is 10.9 Å². The number of rotatable bonds is 6. The third-order valence-electron chi connectivity index (χ3n) is 4.46. The number of aromatic nitrogens is 2. The third-order valence-corrected chi connectivity index (χ3v) is 4.46. The van der Waals surface area contributed by atoms with Crippen molar-refractivity contribution < 1.29 is 4.39 Å². The van der Waals surface area contributed by atoms with Crippen molar-refractivity contribution >= 4 is 12.0 Å². The normalized spacial score (nSPS) is 21.5. The lowest BCUT2D eigenvalue weighted by Gasteiger charge is -2.35. The van der Waals surface area contributed by atoms with Crippen molar-refractivity contribution in [3.05, 3.63) is 54.0 Å². The predicted molar refractivity (Wildman–Crippen MR) is 97.3 cm³/mol. The quantitative estimate of drug-likeness (QED) is 0.476. The molecule has 0 spiro atoms. The van der Waals surface area contributed by atoms with E-state index in [4.69, 9.17) is 5.84 Å². The number of likely N-dealkylation sites (tertiary alicyclic amines) is 1. The van der Waals surface area contributed by atoms with Crippen LogP contribution in [0.25, 0.3) is 0 Å². The fraction of sp³-hybridized carbons (Fsp3) is 0.389. The molecule has 6 nitrogen and oxygen atoms in total. The summed E-state index contributed by atoms with van der Waals surface area (Å²) in [6.07, 6.45) is 5.20. The Morgan fingerprint density at radius 2 is 2.20 bits per heavy atom. The molecular formula is C18H23FN6. The molecule has 1 aromatic heterocycles. The molecule has 0 bridgehead atoms. The molecule has 2 heterocycles. The molecule has 1 saturated heterocycles. The summed E-state index contributed by atoms with van der Waals surface area (Å²) in [4.78, 5) is 10.3. The second kappa shape index (κ2) is 8.53. The van der Waals surface area contributed by atoms with E-state index >= 15 is 0 Å². The van der Waals surface area contributed by atoms with E-state index in [-0.39, 0.29) is 6.04 Å². The number of piperidine rings is 1. The maximum absolute atomic E-state index is 14.6. The van der Waals surface area contributed by atoms with Gasteiger partial charge in [0.1, 0.15) is 18.3 Å². The van der Waals surface area contributed by atoms with Crippen LogP contribution in [0, 0.1) is 0 Å². The second-order valence-electron chi connectivity index (χ2n) is 6.20. The Bertz CT molecular complexity index is 693. The van der Waals surface area contributed by atoms with E-state index in [1.165, 1.54) is 18.1 Å². The van der Waals surface area contributed by atoms with Gasteiger partial charge in [-0.15, -0.1) is 0 Å². The Balaban J connectivity index is 1.54. The highest BCUT2D eigenvalue weighted by atomic mass is 19.1. The number of alkyl halides is 1. The molecule has 132 valence electrons. The Morgan fingerprint density at radius 1 is 1.36 bits per heavy atom. The van der Waals surface area contributed by atoms with Crippen molar-refractivity contribution in [3.8, 4) is 0 Å². The number of hydrogen-bond acceptors (Lipinski definition) is 6. The molecule has 0 aliphatic carbocycles. The summed E-state index contributed by atoms with van der Waals surface area (Å²) in [5.74, 6) is 5.76. The monoisotopic (exact) mass is 342 g/mol. The van der Waals surface area contributed by atoms with Gasteiger partial charge >= 0.3 is 0 Å². The van der Waals surface area contributed by atoms with Crippen molar-refractivity contribution in [1.82, 2.24) is 14.9 Å². The maximum atomic E-state index is 14.6. The van der Waals surface area contributed by atoms with Crippen LogP contribution in [-0.2, 0) is 6.42 Å². The van der Waals surface area contributed by atoms with Crippen molar-refractivity contribution in [1.29, 1.82) is 0 Å². The van der Waals surface area contributed by atoms with E-state index in [1.807, 2.05) is 18.2 Å². The zero-order chi connectivity index (χ0) is 17.5. The van der Waals surface area contributed by atoms with Gasteiger partial charge in [-0.25, -0.2) is 14.4 Å². The molecule has 2 unspecified atom stereocenters. The number of nitrogens with zero attached hydrogens (tertiary/aromatic N) is 4. The lowest BCUT2D eigenvalue weighted by molar-refractivity contribution is 0.127. The van der Waals surface area contributed by atoms with Crippen LogP contribution in [0.1, 0.15) is 17.5 Å². The van der Waals surface area contributed by atoms with Gasteiger partial charge in [-0.1, -0.05) is 30.3 Å². The molecule has 3 rings (SSSR count). The minimum atomic E-state index is -0.956. The van der Waals surface area contributed by atoms with E-state index in [0.717, 1.165) is 25.9 Å². The lowest BCUT2D eigenvalue weighted by atomic mass is 10.0. The SMILES string of the molecule is N/N=C\c1cncnc1NC1CCN(CCc2ccccc2)CC1F. The van der Waals surface area contributed by atoms with Gasteiger partial charge in [-0.2, -0.15) is 5.10 Å². The summed E-state index contributed by atoms with van der Waals surface area (Å²) in [5, 5.41) is 6.68. The first kappa shape index (κ1) is 17.3.